The van der Waals surface area contributed by atoms with Crippen LogP contribution in [0.4, 0.5) is 11.8 Å². The number of nitrogens with one attached hydrogen (secondary N) is 1. The van der Waals surface area contributed by atoms with Crippen molar-refractivity contribution in [1.82, 2.24) is 39.0 Å². The van der Waals surface area contributed by atoms with E-state index in [0.29, 0.717) is 0 Å². The summed E-state index contributed by atoms with van der Waals surface area (Å²) in [5.74, 6) is -0.0335. The van der Waals surface area contributed by atoms with Crippen molar-refractivity contribution in [3.63, 3.8) is 0 Å². The first-order valence-electron chi connectivity index (χ1n) is 12.6. The molecule has 21 nitrogen and oxygen atoms in total. The Bertz CT molecular complexity index is 1840. The second-order valence-corrected chi connectivity index (χ2v) is 12.9. The molecule has 0 aromatic carbocycles. The zero-order valence-electron chi connectivity index (χ0n) is 22.0. The number of H-pyrrole nitrogens is 1. The molecule has 2 fully saturated rings. The number of nitrogens with two attached hydrogens (primary N) is 2. The topological polar surface area (TPSA) is 314 Å². The average Bonchev–Trinajstić information content (AvgIpc) is 3.72. The van der Waals surface area contributed by atoms with Gasteiger partial charge in [-0.25, -0.2) is 24.9 Å². The number of hydrogen-bond donors (Lipinski definition) is 8. The Balaban J connectivity index is 1.29. The number of aliphatic hydroxyl groups is 3. The van der Waals surface area contributed by atoms with Gasteiger partial charge in [0, 0.05) is 4.57 Å². The molecule has 3 unspecified atom stereocenters. The number of aromatic amines is 1. The van der Waals surface area contributed by atoms with Crippen molar-refractivity contribution in [1.29, 1.82) is 0 Å². The molecular weight excluding hydrogens is 650 g/mol. The molecule has 2 aliphatic heterocycles. The predicted molar refractivity (Wildman–Crippen MR) is 148 cm³/mol. The van der Waals surface area contributed by atoms with Crippen molar-refractivity contribution >= 4 is 62.2 Å². The van der Waals surface area contributed by atoms with Gasteiger partial charge in [-0.05, 0) is 0 Å². The first kappa shape index (κ1) is 30.9. The van der Waals surface area contributed by atoms with Gasteiger partial charge in [0.25, 0.3) is 0 Å². The molecule has 0 saturated carbocycles. The van der Waals surface area contributed by atoms with Crippen molar-refractivity contribution in [2.75, 3.05) is 24.7 Å². The standard InChI is InChI=1S/C20H24N10O11P2S/c21-14-8-15(24-3-23-14)29(4-25-8)18-11(33)12(41-42(34)35)7(40-18)2-38-43(36,37)13-10(32)6(1-31)39-19(13)30-5-26-9-16(30)27-20(22)28-17(9)44/h3-7,10-13,18-19,31-33H,1-2H2,(H6-,21,22,23,24,27,28,34,35,36,37,44)/p+1/t6-,7-,10-,11-,12-,13-,18-,19?/m1/s1. The van der Waals surface area contributed by atoms with Crippen LogP contribution < -0.4 is 11.5 Å². The SMILES string of the molecule is Nc1nc(=S)c2ncn(C3O[C@H](CO)[C@@H](O)[C@H]3P(=O)(O)OC[C@H]3O[C@@H](n4cnc5c(N)ncnc54)[C@H](O)[C@@H]3O[P+](=O)O)c2[nH]1. The molecule has 4 aromatic rings. The lowest BCUT2D eigenvalue weighted by atomic mass is 10.1. The number of rotatable bonds is 9. The summed E-state index contributed by atoms with van der Waals surface area (Å²) < 4.78 is 49.9. The fourth-order valence-corrected chi connectivity index (χ4v) is 7.61. The molecule has 10 N–H and O–H groups in total. The first-order chi connectivity index (χ1) is 20.9. The molecule has 24 heteroatoms. The van der Waals surface area contributed by atoms with E-state index in [1.54, 1.807) is 0 Å². The Hall–Kier alpha value is -3.11. The molecule has 4 aromatic heterocycles. The Morgan fingerprint density at radius 3 is 2.50 bits per heavy atom. The molecule has 6 rings (SSSR count). The minimum Gasteiger partial charge on any atom is -0.394 e. The van der Waals surface area contributed by atoms with Crippen LogP contribution in [0.5, 0.6) is 0 Å². The molecule has 0 radical (unpaired) electrons. The Labute approximate surface area is 250 Å². The third-order valence-electron chi connectivity index (χ3n) is 7.24. The number of aromatic nitrogens is 8. The van der Waals surface area contributed by atoms with Gasteiger partial charge in [-0.2, -0.15) is 0 Å². The van der Waals surface area contributed by atoms with Gasteiger partial charge < -0.3 is 50.7 Å². The summed E-state index contributed by atoms with van der Waals surface area (Å²) in [7, 11) is -8.21. The Morgan fingerprint density at radius 1 is 1.07 bits per heavy atom. The molecule has 0 aliphatic carbocycles. The van der Waals surface area contributed by atoms with Gasteiger partial charge >= 0.3 is 15.9 Å². The van der Waals surface area contributed by atoms with Gasteiger partial charge in [0.15, 0.2) is 40.6 Å². The summed E-state index contributed by atoms with van der Waals surface area (Å²) in [6.45, 7) is -1.49. The molecule has 6 heterocycles. The summed E-state index contributed by atoms with van der Waals surface area (Å²) >= 11 is 5.18. The van der Waals surface area contributed by atoms with E-state index < -0.39 is 77.7 Å². The second-order valence-electron chi connectivity index (χ2n) is 9.81. The molecule has 10 atom stereocenters. The minimum absolute atomic E-state index is 0.0341. The quantitative estimate of drug-likeness (QED) is 0.0747. The van der Waals surface area contributed by atoms with Crippen LogP contribution in [0.25, 0.3) is 22.3 Å². The maximum absolute atomic E-state index is 13.8. The highest BCUT2D eigenvalue weighted by atomic mass is 32.1. The molecule has 0 spiro atoms. The van der Waals surface area contributed by atoms with Crippen LogP contribution in [0.15, 0.2) is 19.0 Å². The largest absolute Gasteiger partial charge is 0.695 e. The van der Waals surface area contributed by atoms with E-state index in [1.165, 1.54) is 21.8 Å². The molecular formula is C20H25N10O11P2S+. The van der Waals surface area contributed by atoms with E-state index in [1.807, 2.05) is 0 Å². The minimum atomic E-state index is -4.93. The van der Waals surface area contributed by atoms with Crippen LogP contribution in [-0.2, 0) is 27.7 Å². The van der Waals surface area contributed by atoms with Crippen LogP contribution in [0.3, 0.4) is 0 Å². The van der Waals surface area contributed by atoms with Crippen molar-refractivity contribution in [2.24, 2.45) is 0 Å². The number of anilines is 2. The van der Waals surface area contributed by atoms with Gasteiger partial charge in [0.2, 0.25) is 0 Å². The summed E-state index contributed by atoms with van der Waals surface area (Å²) in [4.78, 5) is 43.4. The summed E-state index contributed by atoms with van der Waals surface area (Å²) in [6.07, 6.45) is -6.70. The fraction of sp³-hybridized carbons (Fsp3) is 0.500. The number of nitrogens with zero attached hydrogens (tertiary/aromatic N) is 7. The van der Waals surface area contributed by atoms with Crippen molar-refractivity contribution in [3.05, 3.63) is 23.6 Å². The van der Waals surface area contributed by atoms with Crippen molar-refractivity contribution < 1.29 is 52.8 Å². The monoisotopic (exact) mass is 675 g/mol. The highest BCUT2D eigenvalue weighted by Gasteiger charge is 2.56. The number of nitrogen functional groups attached to an aromatic ring is 2. The van der Waals surface area contributed by atoms with Crippen LogP contribution in [0, 0.1) is 4.64 Å². The highest BCUT2D eigenvalue weighted by molar-refractivity contribution is 7.71. The van der Waals surface area contributed by atoms with Crippen LogP contribution >= 0.6 is 28.1 Å². The predicted octanol–water partition coefficient (Wildman–Crippen LogP) is -1.39. The summed E-state index contributed by atoms with van der Waals surface area (Å²) in [6, 6.07) is 0. The highest BCUT2D eigenvalue weighted by Crippen LogP contribution is 2.57. The smallest absolute Gasteiger partial charge is 0.394 e. The Morgan fingerprint density at radius 2 is 1.77 bits per heavy atom. The zero-order chi connectivity index (χ0) is 31.5. The van der Waals surface area contributed by atoms with Gasteiger partial charge in [0.05, 0.1) is 25.9 Å². The van der Waals surface area contributed by atoms with Crippen LogP contribution in [0.1, 0.15) is 12.5 Å². The number of hydrogen-bond acceptors (Lipinski definition) is 17. The maximum Gasteiger partial charge on any atom is 0.695 e. The van der Waals surface area contributed by atoms with E-state index in [2.05, 4.69) is 29.9 Å². The third kappa shape index (κ3) is 5.27. The van der Waals surface area contributed by atoms with E-state index in [-0.39, 0.29) is 38.7 Å². The number of aliphatic hydroxyl groups excluding tert-OH is 3. The fourth-order valence-electron chi connectivity index (χ4n) is 5.25. The van der Waals surface area contributed by atoms with Gasteiger partial charge in [0.1, 0.15) is 53.1 Å². The van der Waals surface area contributed by atoms with E-state index in [4.69, 9.17) is 42.2 Å². The lowest BCUT2D eigenvalue weighted by Gasteiger charge is -2.27. The van der Waals surface area contributed by atoms with Gasteiger partial charge in [-0.1, -0.05) is 12.2 Å². The molecule has 44 heavy (non-hydrogen) atoms. The van der Waals surface area contributed by atoms with Gasteiger partial charge in [-0.15, -0.1) is 9.42 Å². The second kappa shape index (κ2) is 11.7. The van der Waals surface area contributed by atoms with Crippen molar-refractivity contribution in [2.45, 2.75) is 48.6 Å². The normalized spacial score (nSPS) is 30.7. The summed E-state index contributed by atoms with van der Waals surface area (Å²) in [5, 5.41) is 31.7. The maximum atomic E-state index is 13.8. The molecule has 0 bridgehead atoms. The molecule has 236 valence electrons. The number of ether oxygens (including phenoxy) is 2. The number of imidazole rings is 2. The number of fused-ring (bicyclic) bond motifs is 2. The van der Waals surface area contributed by atoms with E-state index in [9.17, 15) is 34.2 Å². The van der Waals surface area contributed by atoms with Crippen LogP contribution in [-0.4, -0.2) is 114 Å². The lowest BCUT2D eigenvalue weighted by Crippen LogP contribution is -2.37. The van der Waals surface area contributed by atoms with Crippen LogP contribution in [0.2, 0.25) is 0 Å². The van der Waals surface area contributed by atoms with Gasteiger partial charge in [-0.3, -0.25) is 13.7 Å². The lowest BCUT2D eigenvalue weighted by molar-refractivity contribution is -0.0491. The van der Waals surface area contributed by atoms with E-state index in [0.717, 1.165) is 6.33 Å². The summed E-state index contributed by atoms with van der Waals surface area (Å²) in [5.41, 5.74) is 10.6. The Kier molecular flexibility index (Phi) is 8.20. The third-order valence-corrected chi connectivity index (χ3v) is 9.78. The zero-order valence-corrected chi connectivity index (χ0v) is 24.6. The average molecular weight is 675 g/mol. The van der Waals surface area contributed by atoms with E-state index >= 15 is 0 Å². The van der Waals surface area contributed by atoms with Crippen molar-refractivity contribution in [3.8, 4) is 0 Å². The molecule has 2 aliphatic rings. The first-order valence-corrected chi connectivity index (χ1v) is 15.8. The molecule has 0 amide bonds. The molecule has 2 saturated heterocycles.